The minimum atomic E-state index is -4.39. The smallest absolute Gasteiger partial charge is 0.422 e. The van der Waals surface area contributed by atoms with Crippen molar-refractivity contribution in [1.82, 2.24) is 9.97 Å². The van der Waals surface area contributed by atoms with E-state index in [9.17, 15) is 13.2 Å². The summed E-state index contributed by atoms with van der Waals surface area (Å²) in [7, 11) is 1.43. The molecule has 1 aliphatic rings. The second-order valence-electron chi connectivity index (χ2n) is 5.89. The second-order valence-corrected chi connectivity index (χ2v) is 5.89. The third-order valence-corrected chi connectivity index (χ3v) is 3.72. The van der Waals surface area contributed by atoms with E-state index in [-0.39, 0.29) is 30.4 Å². The first kappa shape index (κ1) is 20.2. The summed E-state index contributed by atoms with van der Waals surface area (Å²) in [4.78, 5) is 8.38. The highest BCUT2D eigenvalue weighted by molar-refractivity contribution is 5.61. The van der Waals surface area contributed by atoms with Crippen LogP contribution in [0.1, 0.15) is 0 Å². The number of benzene rings is 1. The number of rotatable bonds is 7. The van der Waals surface area contributed by atoms with Crippen molar-refractivity contribution in [3.63, 3.8) is 0 Å². The molecule has 2 heterocycles. The number of ether oxygens (including phenoxy) is 5. The summed E-state index contributed by atoms with van der Waals surface area (Å²) < 4.78 is 63.0. The summed E-state index contributed by atoms with van der Waals surface area (Å²) in [5.74, 6) is 0.390. The Hall–Kier alpha value is -2.59. The van der Waals surface area contributed by atoms with Crippen molar-refractivity contribution in [3.8, 4) is 28.9 Å². The molecule has 0 aliphatic carbocycles. The van der Waals surface area contributed by atoms with Crippen LogP contribution in [0, 0.1) is 0 Å². The molecule has 1 aliphatic heterocycles. The minimum Gasteiger partial charge on any atom is -0.484 e. The van der Waals surface area contributed by atoms with E-state index >= 15 is 0 Å². The molecule has 1 aromatic heterocycles. The number of nitrogens with zero attached hydrogens (tertiary/aromatic N) is 2. The van der Waals surface area contributed by atoms with Gasteiger partial charge in [0.25, 0.3) is 0 Å². The zero-order valence-corrected chi connectivity index (χ0v) is 15.1. The van der Waals surface area contributed by atoms with Gasteiger partial charge in [0.1, 0.15) is 18.5 Å². The Bertz CT molecular complexity index is 765. The first-order valence-electron chi connectivity index (χ1n) is 8.48. The van der Waals surface area contributed by atoms with E-state index in [0.29, 0.717) is 31.1 Å². The zero-order valence-electron chi connectivity index (χ0n) is 15.1. The molecule has 7 nitrogen and oxygen atoms in total. The summed E-state index contributed by atoms with van der Waals surface area (Å²) in [6.45, 7) is 0.413. The largest absolute Gasteiger partial charge is 0.484 e. The van der Waals surface area contributed by atoms with Crippen molar-refractivity contribution >= 4 is 0 Å². The molecule has 1 aromatic carbocycles. The number of halogens is 3. The van der Waals surface area contributed by atoms with E-state index in [1.807, 2.05) is 0 Å². The van der Waals surface area contributed by atoms with E-state index in [1.165, 1.54) is 19.2 Å². The van der Waals surface area contributed by atoms with E-state index in [2.05, 4.69) is 9.97 Å². The summed E-state index contributed by atoms with van der Waals surface area (Å²) in [6.07, 6.45) is -4.58. The highest BCUT2D eigenvalue weighted by atomic mass is 19.4. The van der Waals surface area contributed by atoms with Gasteiger partial charge in [-0.2, -0.15) is 23.1 Å². The van der Waals surface area contributed by atoms with Gasteiger partial charge in [0, 0.05) is 11.6 Å². The van der Waals surface area contributed by atoms with Crippen molar-refractivity contribution in [2.24, 2.45) is 0 Å². The van der Waals surface area contributed by atoms with Crippen LogP contribution in [0.25, 0.3) is 11.3 Å². The molecule has 0 bridgehead atoms. The molecule has 0 spiro atoms. The van der Waals surface area contributed by atoms with Crippen molar-refractivity contribution < 1.29 is 36.9 Å². The predicted molar refractivity (Wildman–Crippen MR) is 91.6 cm³/mol. The number of alkyl halides is 3. The highest BCUT2D eigenvalue weighted by Crippen LogP contribution is 2.26. The Morgan fingerprint density at radius 1 is 1.11 bits per heavy atom. The Morgan fingerprint density at radius 3 is 2.54 bits per heavy atom. The topological polar surface area (TPSA) is 71.9 Å². The summed E-state index contributed by atoms with van der Waals surface area (Å²) in [5, 5.41) is 0. The van der Waals surface area contributed by atoms with Gasteiger partial charge < -0.3 is 23.7 Å². The molecule has 1 unspecified atom stereocenters. The molecule has 28 heavy (non-hydrogen) atoms. The lowest BCUT2D eigenvalue weighted by Crippen LogP contribution is -2.33. The Labute approximate surface area is 159 Å². The van der Waals surface area contributed by atoms with Crippen LogP contribution in [0.15, 0.2) is 30.3 Å². The molecule has 0 radical (unpaired) electrons. The van der Waals surface area contributed by atoms with Gasteiger partial charge in [-0.05, 0) is 24.3 Å². The molecular weight excluding hydrogens is 381 g/mol. The van der Waals surface area contributed by atoms with E-state index in [4.69, 9.17) is 23.7 Å². The molecule has 10 heteroatoms. The quantitative estimate of drug-likeness (QED) is 0.708. The van der Waals surface area contributed by atoms with Crippen molar-refractivity contribution in [3.05, 3.63) is 30.3 Å². The predicted octanol–water partition coefficient (Wildman–Crippen LogP) is 2.89. The minimum absolute atomic E-state index is 0.103. The molecule has 0 N–H and O–H groups in total. The summed E-state index contributed by atoms with van der Waals surface area (Å²) in [6, 6.07) is 7.76. The molecule has 3 rings (SSSR count). The van der Waals surface area contributed by atoms with E-state index in [0.717, 1.165) is 0 Å². The van der Waals surface area contributed by atoms with Crippen molar-refractivity contribution in [2.45, 2.75) is 12.3 Å². The lowest BCUT2D eigenvalue weighted by atomic mass is 10.1. The Morgan fingerprint density at radius 2 is 1.89 bits per heavy atom. The lowest BCUT2D eigenvalue weighted by Gasteiger charge is -2.22. The van der Waals surface area contributed by atoms with Crippen LogP contribution in [0.2, 0.25) is 0 Å². The maximum Gasteiger partial charge on any atom is 0.422 e. The molecule has 2 aromatic rings. The SMILES string of the molecule is COc1nc(OCC2COCCO2)cc(-c2ccc(OCC(F)(F)F)cc2)n1. The number of hydrogen-bond acceptors (Lipinski definition) is 7. The van der Waals surface area contributed by atoms with Crippen LogP contribution >= 0.6 is 0 Å². The number of aromatic nitrogens is 2. The first-order valence-corrected chi connectivity index (χ1v) is 8.48. The van der Waals surface area contributed by atoms with Gasteiger partial charge in [0.15, 0.2) is 6.61 Å². The summed E-state index contributed by atoms with van der Waals surface area (Å²) in [5.41, 5.74) is 1.13. The van der Waals surface area contributed by atoms with Gasteiger partial charge in [-0.15, -0.1) is 0 Å². The zero-order chi connectivity index (χ0) is 20.0. The monoisotopic (exact) mass is 400 g/mol. The van der Waals surface area contributed by atoms with Crippen LogP contribution in [0.4, 0.5) is 13.2 Å². The van der Waals surface area contributed by atoms with Gasteiger partial charge in [-0.3, -0.25) is 0 Å². The number of hydrogen-bond donors (Lipinski definition) is 0. The van der Waals surface area contributed by atoms with E-state index in [1.54, 1.807) is 18.2 Å². The van der Waals surface area contributed by atoms with Gasteiger partial charge in [-0.25, -0.2) is 0 Å². The molecule has 1 atom stereocenters. The fourth-order valence-corrected chi connectivity index (χ4v) is 2.42. The van der Waals surface area contributed by atoms with Crippen molar-refractivity contribution in [2.75, 3.05) is 40.1 Å². The van der Waals surface area contributed by atoms with Gasteiger partial charge in [0.2, 0.25) is 5.88 Å². The summed E-state index contributed by atoms with van der Waals surface area (Å²) >= 11 is 0. The highest BCUT2D eigenvalue weighted by Gasteiger charge is 2.28. The lowest BCUT2D eigenvalue weighted by molar-refractivity contribution is -0.153. The van der Waals surface area contributed by atoms with Crippen LogP contribution in [-0.4, -0.2) is 62.4 Å². The maximum absolute atomic E-state index is 12.2. The second kappa shape index (κ2) is 9.07. The van der Waals surface area contributed by atoms with Gasteiger partial charge in [-0.1, -0.05) is 0 Å². The average molecular weight is 400 g/mol. The van der Waals surface area contributed by atoms with Crippen LogP contribution in [-0.2, 0) is 9.47 Å². The fourth-order valence-electron chi connectivity index (χ4n) is 2.42. The van der Waals surface area contributed by atoms with Crippen LogP contribution < -0.4 is 14.2 Å². The molecule has 152 valence electrons. The Balaban J connectivity index is 1.69. The maximum atomic E-state index is 12.2. The molecular formula is C18H19F3N2O5. The Kier molecular flexibility index (Phi) is 6.53. The molecule has 0 saturated carbocycles. The van der Waals surface area contributed by atoms with Crippen LogP contribution in [0.3, 0.4) is 0 Å². The third kappa shape index (κ3) is 5.96. The average Bonchev–Trinajstić information content (AvgIpc) is 2.71. The molecule has 1 saturated heterocycles. The van der Waals surface area contributed by atoms with Crippen LogP contribution in [0.5, 0.6) is 17.6 Å². The standard InChI is InChI=1S/C18H19F3N2O5/c1-24-17-22-15(8-16(23-17)27-10-14-9-25-6-7-26-14)12-2-4-13(5-3-12)28-11-18(19,20)21/h2-5,8,14H,6-7,9-11H2,1H3. The fraction of sp³-hybridized carbons (Fsp3) is 0.444. The van der Waals surface area contributed by atoms with Gasteiger partial charge >= 0.3 is 12.2 Å². The number of methoxy groups -OCH3 is 1. The van der Waals surface area contributed by atoms with Crippen molar-refractivity contribution in [1.29, 1.82) is 0 Å². The molecule has 1 fully saturated rings. The molecule has 0 amide bonds. The van der Waals surface area contributed by atoms with Gasteiger partial charge in [0.05, 0.1) is 32.6 Å². The normalized spacial score (nSPS) is 17.2. The third-order valence-electron chi connectivity index (χ3n) is 3.72. The van der Waals surface area contributed by atoms with E-state index < -0.39 is 12.8 Å². The first-order chi connectivity index (χ1) is 13.4.